The van der Waals surface area contributed by atoms with Crippen LogP contribution in [0, 0.1) is 5.92 Å². The lowest BCUT2D eigenvalue weighted by atomic mass is 9.82. The van der Waals surface area contributed by atoms with Crippen molar-refractivity contribution in [3.05, 3.63) is 42.6 Å². The molecule has 0 spiro atoms. The van der Waals surface area contributed by atoms with E-state index in [0.29, 0.717) is 0 Å². The Kier molecular flexibility index (Phi) is 6.49. The van der Waals surface area contributed by atoms with Crippen molar-refractivity contribution >= 4 is 0 Å². The summed E-state index contributed by atoms with van der Waals surface area (Å²) in [4.78, 5) is 2.26. The molecule has 1 aromatic rings. The van der Waals surface area contributed by atoms with E-state index in [4.69, 9.17) is 4.74 Å². The molecule has 0 aromatic heterocycles. The van der Waals surface area contributed by atoms with Crippen LogP contribution >= 0.6 is 0 Å². The lowest BCUT2D eigenvalue weighted by Gasteiger charge is -2.24. The molecule has 0 N–H and O–H groups in total. The molecule has 2 rings (SSSR count). The second kappa shape index (κ2) is 8.68. The highest BCUT2D eigenvalue weighted by Crippen LogP contribution is 2.30. The Morgan fingerprint density at radius 2 is 2.05 bits per heavy atom. The zero-order valence-corrected chi connectivity index (χ0v) is 12.6. The second-order valence-corrected chi connectivity index (χ2v) is 5.75. The Morgan fingerprint density at radius 1 is 1.25 bits per heavy atom. The van der Waals surface area contributed by atoms with Gasteiger partial charge in [-0.15, -0.1) is 0 Å². The first-order chi connectivity index (χ1) is 9.84. The molecule has 2 heteroatoms. The van der Waals surface area contributed by atoms with Crippen molar-refractivity contribution in [2.45, 2.75) is 38.5 Å². The Morgan fingerprint density at radius 3 is 2.75 bits per heavy atom. The first-order valence-electron chi connectivity index (χ1n) is 7.89. The fourth-order valence-electron chi connectivity index (χ4n) is 2.46. The highest BCUT2D eigenvalue weighted by atomic mass is 16.5. The van der Waals surface area contributed by atoms with Gasteiger partial charge in [0.25, 0.3) is 0 Å². The Bertz CT molecular complexity index is 384. The van der Waals surface area contributed by atoms with Gasteiger partial charge in [0.1, 0.15) is 5.75 Å². The number of hydrogen-bond donors (Lipinski definition) is 0. The van der Waals surface area contributed by atoms with Gasteiger partial charge >= 0.3 is 0 Å². The summed E-state index contributed by atoms with van der Waals surface area (Å²) in [5, 5.41) is 0. The van der Waals surface area contributed by atoms with E-state index in [1.54, 1.807) is 0 Å². The summed E-state index contributed by atoms with van der Waals surface area (Å²) in [5.74, 6) is 1.98. The Hall–Kier alpha value is -1.44. The Balaban J connectivity index is 1.49. The average molecular weight is 273 g/mol. The largest absolute Gasteiger partial charge is 0.494 e. The SMILES string of the molecule is CN(/C=C/CCC1CCC1)CCCOc1ccccc1. The van der Waals surface area contributed by atoms with Crippen LogP contribution in [-0.2, 0) is 0 Å². The molecular weight excluding hydrogens is 246 g/mol. The fourth-order valence-corrected chi connectivity index (χ4v) is 2.46. The first-order valence-corrected chi connectivity index (χ1v) is 7.89. The molecule has 1 aliphatic carbocycles. The van der Waals surface area contributed by atoms with E-state index in [2.05, 4.69) is 24.2 Å². The van der Waals surface area contributed by atoms with Gasteiger partial charge in [-0.2, -0.15) is 0 Å². The van der Waals surface area contributed by atoms with E-state index in [-0.39, 0.29) is 0 Å². The van der Waals surface area contributed by atoms with E-state index in [1.807, 2.05) is 30.3 Å². The summed E-state index contributed by atoms with van der Waals surface area (Å²) in [6.07, 6.45) is 12.6. The number of nitrogens with zero attached hydrogens (tertiary/aromatic N) is 1. The van der Waals surface area contributed by atoms with Crippen molar-refractivity contribution in [1.82, 2.24) is 4.90 Å². The molecule has 0 saturated heterocycles. The maximum absolute atomic E-state index is 5.68. The van der Waals surface area contributed by atoms with E-state index >= 15 is 0 Å². The lowest BCUT2D eigenvalue weighted by molar-refractivity contribution is 0.288. The molecule has 0 atom stereocenters. The average Bonchev–Trinajstić information content (AvgIpc) is 2.42. The molecule has 1 aliphatic rings. The Labute approximate surface area is 123 Å². The van der Waals surface area contributed by atoms with Gasteiger partial charge in [0.2, 0.25) is 0 Å². The summed E-state index contributed by atoms with van der Waals surface area (Å²) in [6.45, 7) is 1.83. The zero-order valence-electron chi connectivity index (χ0n) is 12.6. The summed E-state index contributed by atoms with van der Waals surface area (Å²) in [5.41, 5.74) is 0. The molecule has 110 valence electrons. The van der Waals surface area contributed by atoms with Gasteiger partial charge in [0.15, 0.2) is 0 Å². The third-order valence-corrected chi connectivity index (χ3v) is 3.99. The fraction of sp³-hybridized carbons (Fsp3) is 0.556. The van der Waals surface area contributed by atoms with Crippen LogP contribution in [0.15, 0.2) is 42.6 Å². The maximum Gasteiger partial charge on any atom is 0.119 e. The molecule has 0 unspecified atom stereocenters. The van der Waals surface area contributed by atoms with Crippen molar-refractivity contribution in [3.8, 4) is 5.75 Å². The third kappa shape index (κ3) is 5.68. The molecule has 0 radical (unpaired) electrons. The van der Waals surface area contributed by atoms with Crippen molar-refractivity contribution in [3.63, 3.8) is 0 Å². The van der Waals surface area contributed by atoms with Crippen LogP contribution in [0.2, 0.25) is 0 Å². The topological polar surface area (TPSA) is 12.5 Å². The van der Waals surface area contributed by atoms with Gasteiger partial charge in [0.05, 0.1) is 6.61 Å². The van der Waals surface area contributed by atoms with Crippen LogP contribution in [-0.4, -0.2) is 25.1 Å². The third-order valence-electron chi connectivity index (χ3n) is 3.99. The van der Waals surface area contributed by atoms with Crippen molar-refractivity contribution in [1.29, 1.82) is 0 Å². The number of hydrogen-bond acceptors (Lipinski definition) is 2. The maximum atomic E-state index is 5.68. The van der Waals surface area contributed by atoms with E-state index < -0.39 is 0 Å². The van der Waals surface area contributed by atoms with Crippen molar-refractivity contribution < 1.29 is 4.74 Å². The van der Waals surface area contributed by atoms with Crippen molar-refractivity contribution in [2.75, 3.05) is 20.2 Å². The van der Waals surface area contributed by atoms with E-state index in [0.717, 1.165) is 31.2 Å². The van der Waals surface area contributed by atoms with Crippen LogP contribution in [0.5, 0.6) is 5.75 Å². The standard InChI is InChI=1S/C18H27NO/c1-19(14-6-5-9-17-10-7-11-17)15-8-16-20-18-12-3-2-4-13-18/h2-4,6,12-14,17H,5,7-11,15-16H2,1H3/b14-6+. The number of benzene rings is 1. The van der Waals surface area contributed by atoms with Crippen molar-refractivity contribution in [2.24, 2.45) is 5.92 Å². The molecule has 20 heavy (non-hydrogen) atoms. The molecule has 0 aliphatic heterocycles. The minimum absolute atomic E-state index is 0.782. The lowest BCUT2D eigenvalue weighted by Crippen LogP contribution is -2.15. The zero-order chi connectivity index (χ0) is 14.0. The minimum atomic E-state index is 0.782. The molecule has 0 heterocycles. The van der Waals surface area contributed by atoms with E-state index in [1.165, 1.54) is 32.1 Å². The first kappa shape index (κ1) is 15.0. The predicted octanol–water partition coefficient (Wildman–Crippen LogP) is 4.48. The van der Waals surface area contributed by atoms with Gasteiger partial charge in [-0.05, 0) is 43.5 Å². The highest BCUT2D eigenvalue weighted by Gasteiger charge is 2.15. The predicted molar refractivity (Wildman–Crippen MR) is 84.9 cm³/mol. The number of rotatable bonds is 9. The van der Waals surface area contributed by atoms with Crippen LogP contribution < -0.4 is 4.74 Å². The molecular formula is C18H27NO. The summed E-state index contributed by atoms with van der Waals surface area (Å²) < 4.78 is 5.68. The molecule has 1 saturated carbocycles. The quantitative estimate of drug-likeness (QED) is 0.615. The van der Waals surface area contributed by atoms with Crippen LogP contribution in [0.3, 0.4) is 0 Å². The highest BCUT2D eigenvalue weighted by molar-refractivity contribution is 5.20. The van der Waals surface area contributed by atoms with Crippen LogP contribution in [0.25, 0.3) is 0 Å². The smallest absolute Gasteiger partial charge is 0.119 e. The van der Waals surface area contributed by atoms with E-state index in [9.17, 15) is 0 Å². The van der Waals surface area contributed by atoms with Gasteiger partial charge in [-0.3, -0.25) is 0 Å². The molecule has 1 fully saturated rings. The summed E-state index contributed by atoms with van der Waals surface area (Å²) >= 11 is 0. The van der Waals surface area contributed by atoms with Crippen LogP contribution in [0.1, 0.15) is 38.5 Å². The monoisotopic (exact) mass is 273 g/mol. The number of para-hydroxylation sites is 1. The molecule has 1 aromatic carbocycles. The van der Waals surface area contributed by atoms with Gasteiger partial charge in [-0.1, -0.05) is 43.5 Å². The molecule has 0 bridgehead atoms. The molecule has 0 amide bonds. The normalized spacial score (nSPS) is 15.2. The number of ether oxygens (including phenoxy) is 1. The minimum Gasteiger partial charge on any atom is -0.494 e. The van der Waals surface area contributed by atoms with Gasteiger partial charge in [-0.25, -0.2) is 0 Å². The van der Waals surface area contributed by atoms with Crippen LogP contribution in [0.4, 0.5) is 0 Å². The summed E-state index contributed by atoms with van der Waals surface area (Å²) in [7, 11) is 2.14. The van der Waals surface area contributed by atoms with Gasteiger partial charge < -0.3 is 9.64 Å². The second-order valence-electron chi connectivity index (χ2n) is 5.75. The number of allylic oxidation sites excluding steroid dienone is 1. The van der Waals surface area contributed by atoms with Gasteiger partial charge in [0, 0.05) is 13.6 Å². The summed E-state index contributed by atoms with van der Waals surface area (Å²) in [6, 6.07) is 10.0. The molecule has 2 nitrogen and oxygen atoms in total.